The second kappa shape index (κ2) is 9.55. The van der Waals surface area contributed by atoms with Crippen LogP contribution in [0.15, 0.2) is 28.7 Å². The maximum atomic E-state index is 3.65. The zero-order chi connectivity index (χ0) is 14.1. The molecule has 1 aromatic carbocycles. The van der Waals surface area contributed by atoms with Crippen LogP contribution in [0.1, 0.15) is 51.5 Å². The molecular formula is C17H28BrN. The lowest BCUT2D eigenvalue weighted by Crippen LogP contribution is -2.30. The molecule has 0 saturated carbocycles. The minimum Gasteiger partial charge on any atom is -0.317 e. The van der Waals surface area contributed by atoms with E-state index in [1.807, 2.05) is 0 Å². The van der Waals surface area contributed by atoms with Crippen LogP contribution in [0.25, 0.3) is 0 Å². The molecule has 1 nitrogen and oxygen atoms in total. The van der Waals surface area contributed by atoms with Gasteiger partial charge in [-0.1, -0.05) is 73.7 Å². The van der Waals surface area contributed by atoms with E-state index in [0.29, 0.717) is 6.04 Å². The largest absolute Gasteiger partial charge is 0.317 e. The average molecular weight is 326 g/mol. The zero-order valence-electron chi connectivity index (χ0n) is 12.6. The Bertz CT molecular complexity index is 351. The lowest BCUT2D eigenvalue weighted by atomic mass is 9.89. The first-order valence-electron chi connectivity index (χ1n) is 7.61. The van der Waals surface area contributed by atoms with Crippen molar-refractivity contribution in [3.05, 3.63) is 34.3 Å². The van der Waals surface area contributed by atoms with Crippen molar-refractivity contribution in [3.8, 4) is 0 Å². The van der Waals surface area contributed by atoms with Crippen LogP contribution < -0.4 is 5.32 Å². The quantitative estimate of drug-likeness (QED) is 0.659. The number of halogens is 1. The molecule has 0 aliphatic heterocycles. The number of hydrogen-bond donors (Lipinski definition) is 1. The SMILES string of the molecule is CCCCC(CC)CC(Cc1ccccc1Br)NC. The van der Waals surface area contributed by atoms with Crippen LogP contribution in [-0.4, -0.2) is 13.1 Å². The molecule has 0 aliphatic carbocycles. The third-order valence-corrected chi connectivity index (χ3v) is 4.77. The van der Waals surface area contributed by atoms with Crippen LogP contribution >= 0.6 is 15.9 Å². The molecule has 0 radical (unpaired) electrons. The van der Waals surface area contributed by atoms with E-state index in [0.717, 1.165) is 12.3 Å². The monoisotopic (exact) mass is 325 g/mol. The summed E-state index contributed by atoms with van der Waals surface area (Å²) in [5.41, 5.74) is 1.41. The minimum atomic E-state index is 0.584. The smallest absolute Gasteiger partial charge is 0.0207 e. The highest BCUT2D eigenvalue weighted by atomic mass is 79.9. The van der Waals surface area contributed by atoms with Gasteiger partial charge < -0.3 is 5.32 Å². The van der Waals surface area contributed by atoms with Gasteiger partial charge in [0.05, 0.1) is 0 Å². The van der Waals surface area contributed by atoms with E-state index in [1.165, 1.54) is 42.1 Å². The molecule has 0 amide bonds. The van der Waals surface area contributed by atoms with Crippen LogP contribution in [0.2, 0.25) is 0 Å². The van der Waals surface area contributed by atoms with Crippen molar-refractivity contribution in [2.75, 3.05) is 7.05 Å². The highest BCUT2D eigenvalue weighted by Gasteiger charge is 2.15. The van der Waals surface area contributed by atoms with Gasteiger partial charge in [0.25, 0.3) is 0 Å². The summed E-state index contributed by atoms with van der Waals surface area (Å²) < 4.78 is 1.23. The summed E-state index contributed by atoms with van der Waals surface area (Å²) in [5, 5.41) is 3.50. The van der Waals surface area contributed by atoms with E-state index >= 15 is 0 Å². The Hall–Kier alpha value is -0.340. The molecule has 108 valence electrons. The molecule has 0 bridgehead atoms. The van der Waals surface area contributed by atoms with Crippen molar-refractivity contribution >= 4 is 15.9 Å². The van der Waals surface area contributed by atoms with Crippen molar-refractivity contribution in [3.63, 3.8) is 0 Å². The van der Waals surface area contributed by atoms with Crippen LogP contribution in [-0.2, 0) is 6.42 Å². The molecule has 1 rings (SSSR count). The van der Waals surface area contributed by atoms with E-state index in [2.05, 4.69) is 66.4 Å². The molecule has 0 fully saturated rings. The predicted octanol–water partition coefficient (Wildman–Crippen LogP) is 5.19. The van der Waals surface area contributed by atoms with Crippen molar-refractivity contribution in [2.24, 2.45) is 5.92 Å². The fourth-order valence-corrected chi connectivity index (χ4v) is 3.06. The number of rotatable bonds is 9. The molecule has 0 heterocycles. The number of likely N-dealkylation sites (N-methyl/N-ethyl adjacent to an activating group) is 1. The molecule has 1 aromatic rings. The average Bonchev–Trinajstić information content (AvgIpc) is 2.44. The maximum Gasteiger partial charge on any atom is 0.0207 e. The van der Waals surface area contributed by atoms with Crippen LogP contribution in [0.5, 0.6) is 0 Å². The lowest BCUT2D eigenvalue weighted by Gasteiger charge is -2.23. The summed E-state index contributed by atoms with van der Waals surface area (Å²) in [6.45, 7) is 4.61. The van der Waals surface area contributed by atoms with Crippen LogP contribution in [0.3, 0.4) is 0 Å². The van der Waals surface area contributed by atoms with Crippen molar-refractivity contribution in [1.82, 2.24) is 5.32 Å². The molecule has 2 unspecified atom stereocenters. The Labute approximate surface area is 127 Å². The van der Waals surface area contributed by atoms with Crippen molar-refractivity contribution < 1.29 is 0 Å². The normalized spacial score (nSPS) is 14.3. The van der Waals surface area contributed by atoms with Gasteiger partial charge in [0.15, 0.2) is 0 Å². The molecule has 2 heteroatoms. The molecule has 0 saturated heterocycles. The van der Waals surface area contributed by atoms with Gasteiger partial charge in [0.2, 0.25) is 0 Å². The van der Waals surface area contributed by atoms with E-state index in [9.17, 15) is 0 Å². The van der Waals surface area contributed by atoms with Crippen LogP contribution in [0.4, 0.5) is 0 Å². The minimum absolute atomic E-state index is 0.584. The van der Waals surface area contributed by atoms with Gasteiger partial charge in [0.1, 0.15) is 0 Å². The standard InChI is InChI=1S/C17H28BrN/c1-4-6-9-14(5-2)12-16(19-3)13-15-10-7-8-11-17(15)18/h7-8,10-11,14,16,19H,4-6,9,12-13H2,1-3H3. The molecular weight excluding hydrogens is 298 g/mol. The Morgan fingerprint density at radius 1 is 1.21 bits per heavy atom. The first-order valence-corrected chi connectivity index (χ1v) is 8.41. The van der Waals surface area contributed by atoms with Crippen molar-refractivity contribution in [1.29, 1.82) is 0 Å². The number of hydrogen-bond acceptors (Lipinski definition) is 1. The second-order valence-electron chi connectivity index (χ2n) is 5.43. The molecule has 1 N–H and O–H groups in total. The van der Waals surface area contributed by atoms with E-state index in [1.54, 1.807) is 0 Å². The Morgan fingerprint density at radius 2 is 1.95 bits per heavy atom. The maximum absolute atomic E-state index is 3.65. The Morgan fingerprint density at radius 3 is 2.53 bits per heavy atom. The van der Waals surface area contributed by atoms with Crippen LogP contribution in [0, 0.1) is 5.92 Å². The van der Waals surface area contributed by atoms with Crippen molar-refractivity contribution in [2.45, 2.75) is 58.4 Å². The highest BCUT2D eigenvalue weighted by Crippen LogP contribution is 2.23. The molecule has 0 spiro atoms. The van der Waals surface area contributed by atoms with Gasteiger partial charge in [-0.25, -0.2) is 0 Å². The summed E-state index contributed by atoms with van der Waals surface area (Å²) in [5.74, 6) is 0.861. The van der Waals surface area contributed by atoms with Gasteiger partial charge in [-0.3, -0.25) is 0 Å². The summed E-state index contributed by atoms with van der Waals surface area (Å²) in [7, 11) is 2.09. The third-order valence-electron chi connectivity index (χ3n) is 3.99. The van der Waals surface area contributed by atoms with E-state index in [-0.39, 0.29) is 0 Å². The number of benzene rings is 1. The molecule has 0 aliphatic rings. The van der Waals surface area contributed by atoms with E-state index in [4.69, 9.17) is 0 Å². The predicted molar refractivity (Wildman–Crippen MR) is 88.6 cm³/mol. The van der Waals surface area contributed by atoms with Gasteiger partial charge >= 0.3 is 0 Å². The van der Waals surface area contributed by atoms with Gasteiger partial charge in [-0.15, -0.1) is 0 Å². The topological polar surface area (TPSA) is 12.0 Å². The number of nitrogens with one attached hydrogen (secondary N) is 1. The second-order valence-corrected chi connectivity index (χ2v) is 6.29. The Kier molecular flexibility index (Phi) is 8.40. The van der Waals surface area contributed by atoms with Gasteiger partial charge in [-0.2, -0.15) is 0 Å². The van der Waals surface area contributed by atoms with Gasteiger partial charge in [0, 0.05) is 10.5 Å². The summed E-state index contributed by atoms with van der Waals surface area (Å²) in [4.78, 5) is 0. The summed E-state index contributed by atoms with van der Waals surface area (Å²) in [6, 6.07) is 9.15. The number of unbranched alkanes of at least 4 members (excludes halogenated alkanes) is 1. The molecule has 0 aromatic heterocycles. The Balaban J connectivity index is 2.55. The first-order chi connectivity index (χ1) is 9.21. The van der Waals surface area contributed by atoms with Gasteiger partial charge in [-0.05, 0) is 37.4 Å². The fourth-order valence-electron chi connectivity index (χ4n) is 2.62. The fraction of sp³-hybridized carbons (Fsp3) is 0.647. The molecule has 19 heavy (non-hydrogen) atoms. The van der Waals surface area contributed by atoms with E-state index < -0.39 is 0 Å². The molecule has 2 atom stereocenters. The zero-order valence-corrected chi connectivity index (χ0v) is 14.2. The summed E-state index contributed by atoms with van der Waals surface area (Å²) >= 11 is 3.65. The first kappa shape index (κ1) is 16.7. The lowest BCUT2D eigenvalue weighted by molar-refractivity contribution is 0.358. The third kappa shape index (κ3) is 6.09. The summed E-state index contributed by atoms with van der Waals surface area (Å²) in [6.07, 6.45) is 7.75. The highest BCUT2D eigenvalue weighted by molar-refractivity contribution is 9.10.